The highest BCUT2D eigenvalue weighted by atomic mass is 19.5. The maximum atomic E-state index is 9.75. The molecule has 2 aromatic carbocycles. The van der Waals surface area contributed by atoms with Crippen molar-refractivity contribution < 1.29 is 45.2 Å². The van der Waals surface area contributed by atoms with Gasteiger partial charge in [-0.3, -0.25) is 10.6 Å². The van der Waals surface area contributed by atoms with Crippen LogP contribution in [-0.4, -0.2) is 26.2 Å². The van der Waals surface area contributed by atoms with Crippen molar-refractivity contribution >= 4 is 48.9 Å². The molecule has 2 aliphatic rings. The summed E-state index contributed by atoms with van der Waals surface area (Å²) in [7, 11) is -12.0. The molecule has 0 saturated carbocycles. The summed E-state index contributed by atoms with van der Waals surface area (Å²) in [4.78, 5) is 9.33. The number of nitrogens with zero attached hydrogens (tertiary/aromatic N) is 2. The van der Waals surface area contributed by atoms with E-state index in [1.165, 1.54) is 23.0 Å². The van der Waals surface area contributed by atoms with E-state index >= 15 is 0 Å². The minimum absolute atomic E-state index is 1.01. The van der Waals surface area contributed by atoms with E-state index in [1.54, 1.807) is 0 Å². The zero-order chi connectivity index (χ0) is 23.1. The van der Waals surface area contributed by atoms with Crippen molar-refractivity contribution in [3.63, 3.8) is 0 Å². The molecule has 0 saturated heterocycles. The summed E-state index contributed by atoms with van der Waals surface area (Å²) in [5, 5.41) is 4.40. The van der Waals surface area contributed by atoms with Crippen LogP contribution in [0.3, 0.4) is 0 Å². The van der Waals surface area contributed by atoms with Crippen LogP contribution in [0.1, 0.15) is 19.3 Å². The maximum Gasteiger partial charge on any atom is 0.673 e. The third kappa shape index (κ3) is 10.2. The second kappa shape index (κ2) is 10.5. The molecule has 2 aliphatic heterocycles. The first-order valence-corrected chi connectivity index (χ1v) is 9.16. The summed E-state index contributed by atoms with van der Waals surface area (Å²) in [5.41, 5.74) is 4.68. The molecule has 0 unspecified atom stereocenters. The van der Waals surface area contributed by atoms with Gasteiger partial charge in [0, 0.05) is 25.0 Å². The first-order chi connectivity index (χ1) is 14.4. The van der Waals surface area contributed by atoms with Crippen LogP contribution in [0.15, 0.2) is 58.5 Å². The molecule has 0 aromatic heterocycles. The molecule has 0 bridgehead atoms. The number of para-hydroxylation sites is 4. The predicted molar refractivity (Wildman–Crippen MR) is 104 cm³/mol. The molecule has 2 heterocycles. The Hall–Kier alpha value is -2.73. The van der Waals surface area contributed by atoms with Crippen LogP contribution >= 0.6 is 0 Å². The Kier molecular flexibility index (Phi) is 8.34. The highest BCUT2D eigenvalue weighted by molar-refractivity contribution is 6.50. The van der Waals surface area contributed by atoms with Gasteiger partial charge in [-0.2, -0.15) is 9.98 Å². The zero-order valence-electron chi connectivity index (χ0n) is 16.0. The van der Waals surface area contributed by atoms with Crippen LogP contribution in [0.4, 0.5) is 57.3 Å². The van der Waals surface area contributed by atoms with Gasteiger partial charge in [0.15, 0.2) is 11.4 Å². The molecule has 4 nitrogen and oxygen atoms in total. The fraction of sp³-hybridized carbons (Fsp3) is 0.176. The van der Waals surface area contributed by atoms with Gasteiger partial charge in [0.1, 0.15) is 11.4 Å². The van der Waals surface area contributed by atoms with Crippen molar-refractivity contribution in [2.24, 2.45) is 9.98 Å². The maximum absolute atomic E-state index is 9.75. The second-order valence-electron chi connectivity index (χ2n) is 6.46. The lowest BCUT2D eigenvalue weighted by molar-refractivity contribution is -0.442. The van der Waals surface area contributed by atoms with E-state index < -0.39 is 14.5 Å². The predicted octanol–water partition coefficient (Wildman–Crippen LogP) is 4.63. The summed E-state index contributed by atoms with van der Waals surface area (Å²) < 4.78 is 78.0. The van der Waals surface area contributed by atoms with Crippen molar-refractivity contribution in [3.8, 4) is 0 Å². The second-order valence-corrected chi connectivity index (χ2v) is 6.46. The Bertz CT molecular complexity index is 857. The standard InChI is InChI=1S/C17H16N4.2BF4/c1-2-7-13-12(6-1)18-16(19-13)10-5-11-17-20-14-8-3-4-9-15(14)21-17;2*2-1(3,4)5/h1-4,6-9H,5,10-11H2,(H,18,19)(H,20,21);;/q;2*-1/p+2. The largest absolute Gasteiger partial charge is 0.673 e. The average Bonchev–Trinajstić information content (AvgIpc) is 3.21. The topological polar surface area (TPSA) is 57.9 Å². The molecule has 31 heavy (non-hydrogen) atoms. The van der Waals surface area contributed by atoms with E-state index in [0.29, 0.717) is 0 Å². The number of halogens is 8. The van der Waals surface area contributed by atoms with Gasteiger partial charge in [-0.15, -0.1) is 0 Å². The first-order valence-electron chi connectivity index (χ1n) is 9.16. The third-order valence-electron chi connectivity index (χ3n) is 3.91. The van der Waals surface area contributed by atoms with Crippen LogP contribution in [-0.2, 0) is 0 Å². The summed E-state index contributed by atoms with van der Waals surface area (Å²) in [6.45, 7) is 0. The quantitative estimate of drug-likeness (QED) is 0.387. The lowest BCUT2D eigenvalue weighted by Gasteiger charge is -1.98. The van der Waals surface area contributed by atoms with Crippen LogP contribution in [0.2, 0.25) is 0 Å². The molecule has 0 aliphatic carbocycles. The lowest BCUT2D eigenvalue weighted by Crippen LogP contribution is -2.81. The van der Waals surface area contributed by atoms with Crippen molar-refractivity contribution in [1.82, 2.24) is 0 Å². The van der Waals surface area contributed by atoms with Crippen LogP contribution in [0.25, 0.3) is 0 Å². The Balaban J connectivity index is 0.000000289. The number of hydrogen-bond donors (Lipinski definition) is 2. The molecule has 0 amide bonds. The normalized spacial score (nSPS) is 14.3. The molecule has 0 fully saturated rings. The minimum atomic E-state index is -6.00. The number of benzene rings is 2. The molecule has 0 spiro atoms. The monoisotopic (exact) mass is 452 g/mol. The van der Waals surface area contributed by atoms with Crippen molar-refractivity contribution in [2.45, 2.75) is 19.3 Å². The molecule has 2 aromatic rings. The molecule has 4 N–H and O–H groups in total. The highest BCUT2D eigenvalue weighted by Crippen LogP contribution is 2.25. The van der Waals surface area contributed by atoms with E-state index in [9.17, 15) is 34.5 Å². The van der Waals surface area contributed by atoms with E-state index in [-0.39, 0.29) is 0 Å². The van der Waals surface area contributed by atoms with Crippen molar-refractivity contribution in [3.05, 3.63) is 48.5 Å². The molecular formula is C17H18B2F8N4. The van der Waals surface area contributed by atoms with Gasteiger partial charge in [-0.1, -0.05) is 24.3 Å². The average molecular weight is 452 g/mol. The Morgan fingerprint density at radius 1 is 0.581 bits per heavy atom. The van der Waals surface area contributed by atoms with Crippen LogP contribution < -0.4 is 10.6 Å². The van der Waals surface area contributed by atoms with Crippen molar-refractivity contribution in [2.75, 3.05) is 0 Å². The summed E-state index contributed by atoms with van der Waals surface area (Å²) in [6.07, 6.45) is 3.11. The Morgan fingerprint density at radius 3 is 1.23 bits per heavy atom. The van der Waals surface area contributed by atoms with Gasteiger partial charge in [-0.25, -0.2) is 0 Å². The van der Waals surface area contributed by atoms with Gasteiger partial charge < -0.3 is 34.5 Å². The molecule has 168 valence electrons. The number of hydrogen-bond acceptors (Lipinski definition) is 2. The van der Waals surface area contributed by atoms with Gasteiger partial charge in [-0.05, 0) is 18.6 Å². The Morgan fingerprint density at radius 2 is 0.903 bits per heavy atom. The molecular weight excluding hydrogens is 434 g/mol. The molecule has 14 heteroatoms. The smallest absolute Gasteiger partial charge is 0.418 e. The van der Waals surface area contributed by atoms with Crippen LogP contribution in [0, 0.1) is 0 Å². The van der Waals surface area contributed by atoms with Gasteiger partial charge >= 0.3 is 14.5 Å². The van der Waals surface area contributed by atoms with Gasteiger partial charge in [0.2, 0.25) is 11.7 Å². The number of quaternary nitrogens is 2. The molecule has 0 atom stereocenters. The summed E-state index contributed by atoms with van der Waals surface area (Å²) in [6, 6.07) is 16.6. The van der Waals surface area contributed by atoms with Gasteiger partial charge in [0.25, 0.3) is 0 Å². The lowest BCUT2D eigenvalue weighted by atomic mass is 10.2. The summed E-state index contributed by atoms with van der Waals surface area (Å²) in [5.74, 6) is 2.37. The number of amidine groups is 2. The SMILES string of the molecule is F[B-](F)(F)F.F[B-](F)(F)F.c1ccc2c(c1)N=C(CCCC1=Nc3ccccc3[NH2+]1)[NH2+]2. The highest BCUT2D eigenvalue weighted by Gasteiger charge is 2.22. The molecule has 0 radical (unpaired) electrons. The number of rotatable bonds is 4. The fourth-order valence-corrected chi connectivity index (χ4v) is 2.86. The van der Waals surface area contributed by atoms with E-state index in [2.05, 4.69) is 57.0 Å². The number of aliphatic imine (C=N–C) groups is 2. The first kappa shape index (κ1) is 24.5. The fourth-order valence-electron chi connectivity index (χ4n) is 2.86. The number of nitrogens with two attached hydrogens (primary N) is 2. The minimum Gasteiger partial charge on any atom is -0.418 e. The van der Waals surface area contributed by atoms with Crippen molar-refractivity contribution in [1.29, 1.82) is 0 Å². The summed E-state index contributed by atoms with van der Waals surface area (Å²) >= 11 is 0. The number of fused-ring (bicyclic) bond motifs is 2. The van der Waals surface area contributed by atoms with Gasteiger partial charge in [0.05, 0.1) is 0 Å². The third-order valence-corrected chi connectivity index (χ3v) is 3.91. The zero-order valence-corrected chi connectivity index (χ0v) is 16.0. The van der Waals surface area contributed by atoms with E-state index in [0.717, 1.165) is 30.6 Å². The Labute approximate surface area is 172 Å². The van der Waals surface area contributed by atoms with E-state index in [1.807, 2.05) is 12.1 Å². The van der Waals surface area contributed by atoms with E-state index in [4.69, 9.17) is 0 Å². The van der Waals surface area contributed by atoms with Crippen LogP contribution in [0.5, 0.6) is 0 Å². The molecule has 4 rings (SSSR count).